The summed E-state index contributed by atoms with van der Waals surface area (Å²) in [5, 5.41) is 1.41. The van der Waals surface area contributed by atoms with Crippen molar-refractivity contribution in [1.29, 1.82) is 0 Å². The van der Waals surface area contributed by atoms with Crippen molar-refractivity contribution in [2.24, 2.45) is 4.99 Å². The summed E-state index contributed by atoms with van der Waals surface area (Å²) in [7, 11) is 0. The Balaban J connectivity index is 1.68. The number of aryl methyl sites for hydroxylation is 2. The molecule has 0 unspecified atom stereocenters. The van der Waals surface area contributed by atoms with E-state index < -0.39 is 0 Å². The molecule has 0 aromatic heterocycles. The average Bonchev–Trinajstić information content (AvgIpc) is 3.06. The van der Waals surface area contributed by atoms with Gasteiger partial charge in [0, 0.05) is 17.3 Å². The van der Waals surface area contributed by atoms with E-state index in [0.717, 1.165) is 27.7 Å². The van der Waals surface area contributed by atoms with Crippen molar-refractivity contribution in [2.45, 2.75) is 13.8 Å². The van der Waals surface area contributed by atoms with Crippen molar-refractivity contribution >= 4 is 40.1 Å². The van der Waals surface area contributed by atoms with Crippen LogP contribution in [0.5, 0.6) is 5.75 Å². The molecule has 0 spiro atoms. The lowest BCUT2D eigenvalue weighted by Gasteiger charge is -2.16. The third-order valence-electron chi connectivity index (χ3n) is 3.90. The summed E-state index contributed by atoms with van der Waals surface area (Å²) < 4.78 is 5.62. The Morgan fingerprint density at radius 3 is 2.80 bits per heavy atom. The van der Waals surface area contributed by atoms with Crippen LogP contribution in [0.15, 0.2) is 47.5 Å². The Morgan fingerprint density at radius 1 is 1.24 bits per heavy atom. The summed E-state index contributed by atoms with van der Waals surface area (Å²) in [4.78, 5) is 18.9. The van der Waals surface area contributed by atoms with Gasteiger partial charge in [-0.1, -0.05) is 41.6 Å². The molecule has 0 saturated carbocycles. The number of nitrogens with zero attached hydrogens (tertiary/aromatic N) is 2. The fraction of sp³-hybridized carbons (Fsp3) is 0.263. The van der Waals surface area contributed by atoms with Crippen molar-refractivity contribution in [3.63, 3.8) is 0 Å². The molecule has 0 aliphatic carbocycles. The highest BCUT2D eigenvalue weighted by molar-refractivity contribution is 8.14. The number of hydrogen-bond donors (Lipinski definition) is 0. The number of halogens is 1. The van der Waals surface area contributed by atoms with Gasteiger partial charge in [-0.05, 0) is 49.2 Å². The van der Waals surface area contributed by atoms with Gasteiger partial charge in [0.15, 0.2) is 11.8 Å². The average molecular weight is 375 g/mol. The third-order valence-corrected chi connectivity index (χ3v) is 5.28. The van der Waals surface area contributed by atoms with Crippen LogP contribution in [0.4, 0.5) is 5.69 Å². The molecule has 130 valence electrons. The van der Waals surface area contributed by atoms with E-state index in [-0.39, 0.29) is 12.5 Å². The van der Waals surface area contributed by atoms with Gasteiger partial charge in [-0.3, -0.25) is 9.69 Å². The number of carbonyl (C=O) groups excluding carboxylic acids is 1. The van der Waals surface area contributed by atoms with Crippen LogP contribution >= 0.6 is 23.4 Å². The SMILES string of the molecule is Cc1cc(OCC(=O)N2CCSC2=Nc2ccccc2C)ccc1Cl. The number of aliphatic imine (C=N–C) groups is 1. The van der Waals surface area contributed by atoms with Crippen LogP contribution in [0.3, 0.4) is 0 Å². The second-order valence-electron chi connectivity index (χ2n) is 5.77. The number of benzene rings is 2. The van der Waals surface area contributed by atoms with Crippen LogP contribution < -0.4 is 4.74 Å². The Morgan fingerprint density at radius 2 is 2.04 bits per heavy atom. The van der Waals surface area contributed by atoms with Crippen LogP contribution in [0, 0.1) is 13.8 Å². The van der Waals surface area contributed by atoms with E-state index in [4.69, 9.17) is 16.3 Å². The first-order chi connectivity index (χ1) is 12.0. The lowest BCUT2D eigenvalue weighted by atomic mass is 10.2. The van der Waals surface area contributed by atoms with Gasteiger partial charge >= 0.3 is 0 Å². The van der Waals surface area contributed by atoms with Gasteiger partial charge in [-0.25, -0.2) is 4.99 Å². The Labute approximate surface area is 156 Å². The number of thioether (sulfide) groups is 1. The maximum Gasteiger partial charge on any atom is 0.266 e. The molecule has 4 nitrogen and oxygen atoms in total. The molecular formula is C19H19ClN2O2S. The van der Waals surface area contributed by atoms with Crippen molar-refractivity contribution in [1.82, 2.24) is 4.90 Å². The van der Waals surface area contributed by atoms with Gasteiger partial charge in [-0.15, -0.1) is 0 Å². The molecule has 1 aliphatic heterocycles. The van der Waals surface area contributed by atoms with Crippen LogP contribution in [0.2, 0.25) is 5.02 Å². The quantitative estimate of drug-likeness (QED) is 0.785. The number of amidine groups is 1. The molecule has 1 amide bonds. The molecule has 0 bridgehead atoms. The Bertz CT molecular complexity index is 823. The first-order valence-corrected chi connectivity index (χ1v) is 9.37. The molecule has 1 saturated heterocycles. The monoisotopic (exact) mass is 374 g/mol. The minimum atomic E-state index is -0.0927. The molecule has 2 aromatic carbocycles. The maximum atomic E-state index is 12.5. The number of rotatable bonds is 4. The number of hydrogen-bond acceptors (Lipinski definition) is 4. The second-order valence-corrected chi connectivity index (χ2v) is 7.24. The molecule has 0 N–H and O–H groups in total. The standard InChI is InChI=1S/C19H19ClN2O2S/c1-13-5-3-4-6-17(13)21-19-22(9-10-25-19)18(23)12-24-15-7-8-16(20)14(2)11-15/h3-8,11H,9-10,12H2,1-2H3. The number of amides is 1. The summed E-state index contributed by atoms with van der Waals surface area (Å²) in [5.41, 5.74) is 2.90. The fourth-order valence-electron chi connectivity index (χ4n) is 2.45. The van der Waals surface area contributed by atoms with Crippen LogP contribution in [-0.2, 0) is 4.79 Å². The van der Waals surface area contributed by atoms with Gasteiger partial charge in [-0.2, -0.15) is 0 Å². The summed E-state index contributed by atoms with van der Waals surface area (Å²) in [6.45, 7) is 4.55. The summed E-state index contributed by atoms with van der Waals surface area (Å²) in [5.74, 6) is 1.39. The first-order valence-electron chi connectivity index (χ1n) is 8.01. The summed E-state index contributed by atoms with van der Waals surface area (Å²) >= 11 is 7.60. The maximum absolute atomic E-state index is 12.5. The predicted octanol–water partition coefficient (Wildman–Crippen LogP) is 4.60. The lowest BCUT2D eigenvalue weighted by Crippen LogP contribution is -2.35. The molecule has 1 heterocycles. The van der Waals surface area contributed by atoms with Crippen molar-refractivity contribution in [3.8, 4) is 5.75 Å². The topological polar surface area (TPSA) is 41.9 Å². The van der Waals surface area contributed by atoms with Gasteiger partial charge < -0.3 is 4.74 Å². The Kier molecular flexibility index (Phi) is 5.66. The zero-order valence-corrected chi connectivity index (χ0v) is 15.7. The minimum Gasteiger partial charge on any atom is -0.484 e. The number of ether oxygens (including phenoxy) is 1. The van der Waals surface area contributed by atoms with Gasteiger partial charge in [0.25, 0.3) is 5.91 Å². The highest BCUT2D eigenvalue weighted by Crippen LogP contribution is 2.25. The highest BCUT2D eigenvalue weighted by atomic mass is 35.5. The molecule has 25 heavy (non-hydrogen) atoms. The van der Waals surface area contributed by atoms with Crippen LogP contribution in [0.25, 0.3) is 0 Å². The van der Waals surface area contributed by atoms with E-state index in [1.165, 1.54) is 0 Å². The lowest BCUT2D eigenvalue weighted by molar-refractivity contribution is -0.129. The van der Waals surface area contributed by atoms with Gasteiger partial charge in [0.05, 0.1) is 5.69 Å². The molecule has 2 aromatic rings. The predicted molar refractivity (Wildman–Crippen MR) is 104 cm³/mol. The largest absolute Gasteiger partial charge is 0.484 e. The van der Waals surface area contributed by atoms with Crippen LogP contribution in [0.1, 0.15) is 11.1 Å². The van der Waals surface area contributed by atoms with E-state index in [9.17, 15) is 4.79 Å². The number of para-hydroxylation sites is 1. The molecule has 6 heteroatoms. The smallest absolute Gasteiger partial charge is 0.266 e. The Hall–Kier alpha value is -1.98. The highest BCUT2D eigenvalue weighted by Gasteiger charge is 2.26. The van der Waals surface area contributed by atoms with Crippen LogP contribution in [-0.4, -0.2) is 34.9 Å². The molecular weight excluding hydrogens is 356 g/mol. The van der Waals surface area contributed by atoms with Crippen molar-refractivity contribution in [2.75, 3.05) is 18.9 Å². The van der Waals surface area contributed by atoms with E-state index in [1.807, 2.05) is 44.2 Å². The van der Waals surface area contributed by atoms with E-state index in [2.05, 4.69) is 4.99 Å². The molecule has 1 aliphatic rings. The molecule has 1 fully saturated rings. The molecule has 0 atom stereocenters. The summed E-state index contributed by atoms with van der Waals surface area (Å²) in [6, 6.07) is 13.3. The van der Waals surface area contributed by atoms with E-state index >= 15 is 0 Å². The fourth-order valence-corrected chi connectivity index (χ4v) is 3.53. The van der Waals surface area contributed by atoms with Gasteiger partial charge in [0.1, 0.15) is 5.75 Å². The minimum absolute atomic E-state index is 0.0194. The van der Waals surface area contributed by atoms with E-state index in [0.29, 0.717) is 17.3 Å². The molecule has 3 rings (SSSR count). The third kappa shape index (κ3) is 4.35. The van der Waals surface area contributed by atoms with Gasteiger partial charge in [0.2, 0.25) is 0 Å². The van der Waals surface area contributed by atoms with E-state index in [1.54, 1.807) is 28.8 Å². The zero-order chi connectivity index (χ0) is 17.8. The first kappa shape index (κ1) is 17.8. The molecule has 0 radical (unpaired) electrons. The summed E-state index contributed by atoms with van der Waals surface area (Å²) in [6.07, 6.45) is 0. The number of carbonyl (C=O) groups is 1. The van der Waals surface area contributed by atoms with Crippen molar-refractivity contribution in [3.05, 3.63) is 58.6 Å². The van der Waals surface area contributed by atoms with Crippen molar-refractivity contribution < 1.29 is 9.53 Å². The normalized spacial score (nSPS) is 15.6. The second kappa shape index (κ2) is 7.93. The zero-order valence-electron chi connectivity index (χ0n) is 14.2.